The summed E-state index contributed by atoms with van der Waals surface area (Å²) in [4.78, 5) is 11.5. The van der Waals surface area contributed by atoms with Crippen LogP contribution in [-0.4, -0.2) is 32.2 Å². The van der Waals surface area contributed by atoms with Crippen LogP contribution in [0.25, 0.3) is 0 Å². The maximum Gasteiger partial charge on any atom is 0.337 e. The van der Waals surface area contributed by atoms with Crippen LogP contribution in [0.15, 0.2) is 34.8 Å². The molecule has 6 nitrogen and oxygen atoms in total. The zero-order valence-corrected chi connectivity index (χ0v) is 15.4. The third-order valence-corrected chi connectivity index (χ3v) is 4.40. The molecule has 128 valence electrons. The lowest BCUT2D eigenvalue weighted by Gasteiger charge is -2.19. The average Bonchev–Trinajstić information content (AvgIpc) is 2.58. The normalized spacial score (nSPS) is 10.2. The summed E-state index contributed by atoms with van der Waals surface area (Å²) in [7, 11) is 5.56. The van der Waals surface area contributed by atoms with Crippen molar-refractivity contribution in [2.24, 2.45) is 0 Å². The Morgan fingerprint density at radius 3 is 2.21 bits per heavy atom. The Labute approximate surface area is 149 Å². The molecule has 7 heteroatoms. The van der Waals surface area contributed by atoms with Crippen LogP contribution in [0.3, 0.4) is 0 Å². The highest BCUT2D eigenvalue weighted by atomic mass is 79.9. The highest BCUT2D eigenvalue weighted by molar-refractivity contribution is 9.10. The topological polar surface area (TPSA) is 85.4 Å². The predicted molar refractivity (Wildman–Crippen MR) is 104 cm³/mol. The Bertz CT molecular complexity index is 724. The molecule has 0 aliphatic rings. The van der Waals surface area contributed by atoms with Crippen molar-refractivity contribution in [3.05, 3.63) is 45.9 Å². The maximum atomic E-state index is 11.5. The number of hydrogen-bond acceptors (Lipinski definition) is 5. The summed E-state index contributed by atoms with van der Waals surface area (Å²) < 4.78 is 0.572. The van der Waals surface area contributed by atoms with Crippen molar-refractivity contribution in [2.45, 2.75) is 6.54 Å². The highest BCUT2D eigenvalue weighted by Crippen LogP contribution is 2.35. The third-order valence-electron chi connectivity index (χ3n) is 3.74. The number of carbonyl (C=O) groups is 1. The molecule has 0 radical (unpaired) electrons. The zero-order valence-electron chi connectivity index (χ0n) is 13.8. The van der Waals surface area contributed by atoms with Crippen LogP contribution in [-0.2, 0) is 6.54 Å². The number of halogens is 1. The Hall–Kier alpha value is -2.41. The molecule has 0 spiro atoms. The van der Waals surface area contributed by atoms with Crippen LogP contribution in [0.1, 0.15) is 15.9 Å². The number of carboxylic acids is 1. The first-order valence-electron chi connectivity index (χ1n) is 7.47. The number of carboxylic acid groups (broad SMARTS) is 1. The van der Waals surface area contributed by atoms with Crippen molar-refractivity contribution in [3.63, 3.8) is 0 Å². The van der Waals surface area contributed by atoms with E-state index in [1.165, 1.54) is 0 Å². The largest absolute Gasteiger partial charge is 0.478 e. The molecule has 0 fully saturated rings. The molecule has 0 aliphatic heterocycles. The molecule has 0 unspecified atom stereocenters. The molecule has 0 atom stereocenters. The molecule has 2 aromatic rings. The molecule has 0 amide bonds. The van der Waals surface area contributed by atoms with Crippen molar-refractivity contribution in [1.29, 1.82) is 0 Å². The minimum atomic E-state index is -0.951. The van der Waals surface area contributed by atoms with E-state index < -0.39 is 5.97 Å². The molecule has 0 saturated carbocycles. The van der Waals surface area contributed by atoms with Gasteiger partial charge in [0.1, 0.15) is 0 Å². The summed E-state index contributed by atoms with van der Waals surface area (Å²) >= 11 is 3.31. The fourth-order valence-electron chi connectivity index (χ4n) is 2.51. The van der Waals surface area contributed by atoms with E-state index in [2.05, 4.69) is 37.2 Å². The van der Waals surface area contributed by atoms with E-state index in [-0.39, 0.29) is 5.56 Å². The molecule has 24 heavy (non-hydrogen) atoms. The molecule has 5 N–H and O–H groups in total. The molecule has 0 aliphatic carbocycles. The van der Waals surface area contributed by atoms with Crippen LogP contribution in [0, 0.1) is 0 Å². The molecular formula is C17H21BrN4O2. The van der Waals surface area contributed by atoms with E-state index in [0.717, 1.165) is 22.7 Å². The number of benzene rings is 2. The average molecular weight is 393 g/mol. The quantitative estimate of drug-likeness (QED) is 0.491. The SMILES string of the molecule is CNc1cc(NC)c(NCc2cccc(Br)c2C(=O)O)c(NC)c1. The van der Waals surface area contributed by atoms with Gasteiger partial charge in [-0.25, -0.2) is 4.79 Å². The number of nitrogens with one attached hydrogen (secondary N) is 4. The summed E-state index contributed by atoms with van der Waals surface area (Å²) in [5, 5.41) is 22.2. The van der Waals surface area contributed by atoms with Gasteiger partial charge in [-0.3, -0.25) is 0 Å². The Balaban J connectivity index is 2.36. The van der Waals surface area contributed by atoms with Crippen LogP contribution in [0.2, 0.25) is 0 Å². The molecule has 0 aromatic heterocycles. The fraction of sp³-hybridized carbons (Fsp3) is 0.235. The lowest BCUT2D eigenvalue weighted by molar-refractivity contribution is 0.0695. The lowest BCUT2D eigenvalue weighted by atomic mass is 10.1. The standard InChI is InChI=1S/C17H21BrN4O2/c1-19-11-7-13(20-2)16(14(8-11)21-3)22-9-10-5-4-6-12(18)15(10)17(23)24/h4-8,19-22H,9H2,1-3H3,(H,23,24). The van der Waals surface area contributed by atoms with Gasteiger partial charge in [0.05, 0.1) is 22.6 Å². The molecule has 2 aromatic carbocycles. The van der Waals surface area contributed by atoms with Crippen molar-refractivity contribution >= 4 is 44.6 Å². The smallest absolute Gasteiger partial charge is 0.337 e. The van der Waals surface area contributed by atoms with Gasteiger partial charge in [0.25, 0.3) is 0 Å². The zero-order chi connectivity index (χ0) is 17.7. The second-order valence-corrected chi connectivity index (χ2v) is 5.98. The number of aromatic carboxylic acids is 1. The first kappa shape index (κ1) is 17.9. The van der Waals surface area contributed by atoms with Gasteiger partial charge in [-0.2, -0.15) is 0 Å². The van der Waals surface area contributed by atoms with Crippen molar-refractivity contribution < 1.29 is 9.90 Å². The molecule has 0 saturated heterocycles. The van der Waals surface area contributed by atoms with Crippen molar-refractivity contribution in [1.82, 2.24) is 0 Å². The summed E-state index contributed by atoms with van der Waals surface area (Å²) in [6, 6.07) is 9.34. The van der Waals surface area contributed by atoms with Crippen LogP contribution < -0.4 is 21.3 Å². The van der Waals surface area contributed by atoms with Crippen LogP contribution >= 0.6 is 15.9 Å². The van der Waals surface area contributed by atoms with E-state index in [9.17, 15) is 9.90 Å². The van der Waals surface area contributed by atoms with Gasteiger partial charge in [0.2, 0.25) is 0 Å². The fourth-order valence-corrected chi connectivity index (χ4v) is 3.09. The molecule has 2 rings (SSSR count). The first-order valence-corrected chi connectivity index (χ1v) is 8.27. The summed E-state index contributed by atoms with van der Waals surface area (Å²) in [6.45, 7) is 0.392. The summed E-state index contributed by atoms with van der Waals surface area (Å²) in [6.07, 6.45) is 0. The maximum absolute atomic E-state index is 11.5. The van der Waals surface area contributed by atoms with Gasteiger partial charge < -0.3 is 26.4 Å². The lowest BCUT2D eigenvalue weighted by Crippen LogP contribution is -2.10. The van der Waals surface area contributed by atoms with E-state index >= 15 is 0 Å². The van der Waals surface area contributed by atoms with Crippen molar-refractivity contribution in [3.8, 4) is 0 Å². The van der Waals surface area contributed by atoms with E-state index in [0.29, 0.717) is 16.6 Å². The van der Waals surface area contributed by atoms with Gasteiger partial charge in [-0.05, 0) is 39.7 Å². The number of hydrogen-bond donors (Lipinski definition) is 5. The molecular weight excluding hydrogens is 372 g/mol. The number of rotatable bonds is 7. The van der Waals surface area contributed by atoms with Crippen LogP contribution in [0.4, 0.5) is 22.7 Å². The van der Waals surface area contributed by atoms with Gasteiger partial charge in [0, 0.05) is 37.8 Å². The third kappa shape index (κ3) is 3.73. The molecule has 0 heterocycles. The number of anilines is 4. The Kier molecular flexibility index (Phi) is 5.92. The predicted octanol–water partition coefficient (Wildman–Crippen LogP) is 3.88. The Morgan fingerprint density at radius 1 is 1.08 bits per heavy atom. The van der Waals surface area contributed by atoms with E-state index in [4.69, 9.17) is 0 Å². The highest BCUT2D eigenvalue weighted by Gasteiger charge is 2.15. The van der Waals surface area contributed by atoms with Crippen molar-refractivity contribution in [2.75, 3.05) is 42.4 Å². The second kappa shape index (κ2) is 7.92. The van der Waals surface area contributed by atoms with E-state index in [1.54, 1.807) is 12.1 Å². The van der Waals surface area contributed by atoms with Gasteiger partial charge in [-0.15, -0.1) is 0 Å². The van der Waals surface area contributed by atoms with Gasteiger partial charge >= 0.3 is 5.97 Å². The van der Waals surface area contributed by atoms with Gasteiger partial charge in [0.15, 0.2) is 0 Å². The second-order valence-electron chi connectivity index (χ2n) is 5.13. The van der Waals surface area contributed by atoms with E-state index in [1.807, 2.05) is 39.3 Å². The first-order chi connectivity index (χ1) is 11.5. The summed E-state index contributed by atoms with van der Waals surface area (Å²) in [5.74, 6) is -0.951. The van der Waals surface area contributed by atoms with Crippen LogP contribution in [0.5, 0.6) is 0 Å². The Morgan fingerprint density at radius 2 is 1.71 bits per heavy atom. The minimum Gasteiger partial charge on any atom is -0.478 e. The monoisotopic (exact) mass is 392 g/mol. The molecule has 0 bridgehead atoms. The summed E-state index contributed by atoms with van der Waals surface area (Å²) in [5.41, 5.74) is 4.67. The minimum absolute atomic E-state index is 0.272. The van der Waals surface area contributed by atoms with Gasteiger partial charge in [-0.1, -0.05) is 12.1 Å².